The van der Waals surface area contributed by atoms with Gasteiger partial charge in [0.1, 0.15) is 4.90 Å². The summed E-state index contributed by atoms with van der Waals surface area (Å²) in [7, 11) is -3.57. The van der Waals surface area contributed by atoms with Gasteiger partial charge in [0.15, 0.2) is 15.6 Å². The molecule has 0 bridgehead atoms. The van der Waals surface area contributed by atoms with Gasteiger partial charge in [-0.05, 0) is 37.0 Å². The molecule has 1 aromatic carbocycles. The van der Waals surface area contributed by atoms with Gasteiger partial charge < -0.3 is 10.8 Å². The van der Waals surface area contributed by atoms with Crippen molar-refractivity contribution >= 4 is 15.5 Å². The van der Waals surface area contributed by atoms with Gasteiger partial charge in [0.2, 0.25) is 0 Å². The normalized spacial score (nSPS) is 17.8. The number of phenols is 1. The lowest BCUT2D eigenvalue weighted by molar-refractivity contribution is 0.323. The Kier molecular flexibility index (Phi) is 2.74. The molecule has 2 rings (SSSR count). The van der Waals surface area contributed by atoms with E-state index in [4.69, 9.17) is 5.73 Å². The fourth-order valence-corrected chi connectivity index (χ4v) is 2.99. The molecule has 0 atom stereocenters. The van der Waals surface area contributed by atoms with E-state index in [-0.39, 0.29) is 10.6 Å². The lowest BCUT2D eigenvalue weighted by Gasteiger charge is -2.36. The van der Waals surface area contributed by atoms with Crippen molar-refractivity contribution in [1.29, 1.82) is 5.26 Å². The monoisotopic (exact) mass is 266 g/mol. The van der Waals surface area contributed by atoms with Crippen LogP contribution in [0.5, 0.6) is 5.75 Å². The van der Waals surface area contributed by atoms with Gasteiger partial charge >= 0.3 is 0 Å². The molecule has 0 saturated heterocycles. The molecule has 0 spiro atoms. The molecule has 0 amide bonds. The third-order valence-corrected chi connectivity index (χ3v) is 4.59. The van der Waals surface area contributed by atoms with Crippen molar-refractivity contribution in [2.24, 2.45) is 0 Å². The number of aromatic hydroxyl groups is 1. The van der Waals surface area contributed by atoms with E-state index in [0.717, 1.165) is 12.7 Å². The van der Waals surface area contributed by atoms with Gasteiger partial charge in [-0.3, -0.25) is 0 Å². The largest absolute Gasteiger partial charge is 0.504 e. The number of nitrogen functional groups attached to an aromatic ring is 1. The standard InChI is InChI=1S/C12H14N2O3S/c1-18(16,17)10-6-8(5-9(14)11(10)15)12(7-13)3-2-4-12/h5-6,15H,2-4,14H2,1H3. The highest BCUT2D eigenvalue weighted by Crippen LogP contribution is 2.45. The van der Waals surface area contributed by atoms with E-state index < -0.39 is 21.0 Å². The van der Waals surface area contributed by atoms with E-state index >= 15 is 0 Å². The molecule has 96 valence electrons. The maximum absolute atomic E-state index is 11.6. The third-order valence-electron chi connectivity index (χ3n) is 3.48. The zero-order valence-electron chi connectivity index (χ0n) is 9.97. The molecule has 1 fully saturated rings. The predicted molar refractivity (Wildman–Crippen MR) is 66.8 cm³/mol. The van der Waals surface area contributed by atoms with Crippen molar-refractivity contribution in [1.82, 2.24) is 0 Å². The van der Waals surface area contributed by atoms with Crippen molar-refractivity contribution in [3.63, 3.8) is 0 Å². The fraction of sp³-hybridized carbons (Fsp3) is 0.417. The van der Waals surface area contributed by atoms with Gasteiger partial charge in [-0.25, -0.2) is 8.42 Å². The summed E-state index contributed by atoms with van der Waals surface area (Å²) < 4.78 is 23.2. The number of nitrogens with zero attached hydrogens (tertiary/aromatic N) is 1. The van der Waals surface area contributed by atoms with Crippen molar-refractivity contribution in [2.45, 2.75) is 29.6 Å². The molecule has 1 aromatic rings. The second kappa shape index (κ2) is 3.89. The number of sulfone groups is 1. The lowest BCUT2D eigenvalue weighted by atomic mass is 9.65. The molecule has 6 heteroatoms. The number of nitriles is 1. The minimum Gasteiger partial charge on any atom is -0.504 e. The summed E-state index contributed by atoms with van der Waals surface area (Å²) in [6, 6.07) is 5.08. The first-order valence-corrected chi connectivity index (χ1v) is 7.43. The van der Waals surface area contributed by atoms with Gasteiger partial charge in [0.25, 0.3) is 0 Å². The molecule has 0 unspecified atom stereocenters. The maximum atomic E-state index is 11.6. The molecule has 18 heavy (non-hydrogen) atoms. The highest BCUT2D eigenvalue weighted by molar-refractivity contribution is 7.90. The van der Waals surface area contributed by atoms with Crippen LogP contribution in [-0.2, 0) is 15.3 Å². The topological polar surface area (TPSA) is 104 Å². The van der Waals surface area contributed by atoms with Crippen LogP contribution in [0, 0.1) is 11.3 Å². The van der Waals surface area contributed by atoms with E-state index in [2.05, 4.69) is 6.07 Å². The van der Waals surface area contributed by atoms with Crippen LogP contribution in [0.4, 0.5) is 5.69 Å². The first-order valence-electron chi connectivity index (χ1n) is 5.54. The summed E-state index contributed by atoms with van der Waals surface area (Å²) in [4.78, 5) is -0.209. The first-order chi connectivity index (χ1) is 8.30. The van der Waals surface area contributed by atoms with Crippen LogP contribution in [0.2, 0.25) is 0 Å². The number of benzene rings is 1. The lowest BCUT2D eigenvalue weighted by Crippen LogP contribution is -2.32. The van der Waals surface area contributed by atoms with Crippen molar-refractivity contribution in [3.05, 3.63) is 17.7 Å². The summed E-state index contributed by atoms with van der Waals surface area (Å²) in [5, 5.41) is 18.9. The Labute approximate surface area is 106 Å². The first kappa shape index (κ1) is 12.7. The van der Waals surface area contributed by atoms with E-state index in [1.165, 1.54) is 12.1 Å². The maximum Gasteiger partial charge on any atom is 0.179 e. The average molecular weight is 266 g/mol. The van der Waals surface area contributed by atoms with Crippen molar-refractivity contribution < 1.29 is 13.5 Å². The molecular weight excluding hydrogens is 252 g/mol. The molecule has 0 radical (unpaired) electrons. The molecule has 3 N–H and O–H groups in total. The summed E-state index contributed by atoms with van der Waals surface area (Å²) in [5.41, 5.74) is 5.54. The number of phenolic OH excluding ortho intramolecular Hbond substituents is 1. The van der Waals surface area contributed by atoms with Crippen molar-refractivity contribution in [2.75, 3.05) is 12.0 Å². The van der Waals surface area contributed by atoms with E-state index in [9.17, 15) is 18.8 Å². The Bertz CT molecular complexity index is 640. The Morgan fingerprint density at radius 2 is 2.06 bits per heavy atom. The zero-order valence-corrected chi connectivity index (χ0v) is 10.8. The van der Waals surface area contributed by atoms with Crippen LogP contribution in [-0.4, -0.2) is 19.8 Å². The summed E-state index contributed by atoms with van der Waals surface area (Å²) >= 11 is 0. The van der Waals surface area contributed by atoms with Crippen LogP contribution in [0.25, 0.3) is 0 Å². The van der Waals surface area contributed by atoms with E-state index in [1.54, 1.807) is 0 Å². The SMILES string of the molecule is CS(=O)(=O)c1cc(C2(C#N)CCC2)cc(N)c1O. The summed E-state index contributed by atoms with van der Waals surface area (Å²) in [6.07, 6.45) is 3.32. The number of rotatable bonds is 2. The fourth-order valence-electron chi connectivity index (χ4n) is 2.18. The molecule has 5 nitrogen and oxygen atoms in total. The van der Waals surface area contributed by atoms with Crippen LogP contribution in [0.15, 0.2) is 17.0 Å². The van der Waals surface area contributed by atoms with Crippen molar-refractivity contribution in [3.8, 4) is 11.8 Å². The van der Waals surface area contributed by atoms with Gasteiger partial charge in [-0.1, -0.05) is 0 Å². The molecule has 1 aliphatic carbocycles. The van der Waals surface area contributed by atoms with Crippen LogP contribution in [0.3, 0.4) is 0 Å². The average Bonchev–Trinajstić information content (AvgIpc) is 2.20. The third kappa shape index (κ3) is 1.81. The highest BCUT2D eigenvalue weighted by atomic mass is 32.2. The number of nitrogens with two attached hydrogens (primary N) is 1. The minimum atomic E-state index is -3.57. The Morgan fingerprint density at radius 3 is 2.44 bits per heavy atom. The second-order valence-corrected chi connectivity index (χ2v) is 6.72. The second-order valence-electron chi connectivity index (χ2n) is 4.73. The van der Waals surface area contributed by atoms with Crippen LogP contribution in [0.1, 0.15) is 24.8 Å². The molecule has 0 aliphatic heterocycles. The highest BCUT2D eigenvalue weighted by Gasteiger charge is 2.40. The van der Waals surface area contributed by atoms with Gasteiger partial charge in [0.05, 0.1) is 17.2 Å². The molecular formula is C12H14N2O3S. The van der Waals surface area contributed by atoms with Crippen LogP contribution >= 0.6 is 0 Å². The molecule has 0 heterocycles. The summed E-state index contributed by atoms with van der Waals surface area (Å²) in [6.45, 7) is 0. The molecule has 0 aromatic heterocycles. The Balaban J connectivity index is 2.66. The summed E-state index contributed by atoms with van der Waals surface area (Å²) in [5.74, 6) is -0.436. The molecule has 1 saturated carbocycles. The van der Waals surface area contributed by atoms with Gasteiger partial charge in [-0.15, -0.1) is 0 Å². The van der Waals surface area contributed by atoms with Gasteiger partial charge in [0, 0.05) is 6.26 Å². The Hall–Kier alpha value is -1.74. The number of hydrogen-bond donors (Lipinski definition) is 2. The minimum absolute atomic E-state index is 0.00514. The predicted octanol–water partition coefficient (Wildman–Crippen LogP) is 1.32. The van der Waals surface area contributed by atoms with E-state index in [0.29, 0.717) is 18.4 Å². The molecule has 1 aliphatic rings. The van der Waals surface area contributed by atoms with E-state index in [1.807, 2.05) is 0 Å². The number of anilines is 1. The quantitative estimate of drug-likeness (QED) is 0.620. The number of hydrogen-bond acceptors (Lipinski definition) is 5. The van der Waals surface area contributed by atoms with Gasteiger partial charge in [-0.2, -0.15) is 5.26 Å². The zero-order chi connectivity index (χ0) is 13.6. The Morgan fingerprint density at radius 1 is 1.44 bits per heavy atom. The smallest absolute Gasteiger partial charge is 0.179 e. The van der Waals surface area contributed by atoms with Crippen LogP contribution < -0.4 is 5.73 Å².